The number of fused-ring (bicyclic) bond motifs is 1. The lowest BCUT2D eigenvalue weighted by Gasteiger charge is -2.04. The van der Waals surface area contributed by atoms with Gasteiger partial charge in [0, 0.05) is 17.7 Å². The number of carboxylic acid groups (broad SMARTS) is 1. The maximum atomic E-state index is 10.5. The predicted molar refractivity (Wildman–Crippen MR) is 65.0 cm³/mol. The van der Waals surface area contributed by atoms with Gasteiger partial charge in [0.1, 0.15) is 5.75 Å². The topological polar surface area (TPSA) is 59.4 Å². The van der Waals surface area contributed by atoms with Crippen molar-refractivity contribution in [2.24, 2.45) is 0 Å². The lowest BCUT2D eigenvalue weighted by atomic mass is 10.1. The maximum absolute atomic E-state index is 10.5. The summed E-state index contributed by atoms with van der Waals surface area (Å²) in [6, 6.07) is 7.26. The highest BCUT2D eigenvalue weighted by molar-refractivity contribution is 5.93. The monoisotopic (exact) mass is 229 g/mol. The number of pyridine rings is 1. The van der Waals surface area contributed by atoms with Crippen molar-refractivity contribution in [3.05, 3.63) is 42.1 Å². The van der Waals surface area contributed by atoms with Gasteiger partial charge >= 0.3 is 5.97 Å². The molecule has 1 aromatic heterocycles. The van der Waals surface area contributed by atoms with Crippen LogP contribution in [0.2, 0.25) is 0 Å². The average Bonchev–Trinajstić information content (AvgIpc) is 2.35. The number of methoxy groups -OCH3 is 1. The third-order valence-electron chi connectivity index (χ3n) is 2.39. The Balaban J connectivity index is 2.58. The molecule has 0 unspecified atom stereocenters. The summed E-state index contributed by atoms with van der Waals surface area (Å²) in [6.07, 6.45) is 4.30. The molecule has 2 rings (SSSR count). The van der Waals surface area contributed by atoms with E-state index in [0.29, 0.717) is 0 Å². The Kier molecular flexibility index (Phi) is 3.05. The van der Waals surface area contributed by atoms with E-state index in [0.717, 1.165) is 28.3 Å². The molecular weight excluding hydrogens is 218 g/mol. The number of carbonyl (C=O) groups is 1. The minimum atomic E-state index is -0.974. The number of hydrogen-bond donors (Lipinski definition) is 1. The molecule has 0 fully saturated rings. The zero-order valence-electron chi connectivity index (χ0n) is 9.25. The lowest BCUT2D eigenvalue weighted by molar-refractivity contribution is -0.131. The van der Waals surface area contributed by atoms with Crippen molar-refractivity contribution >= 4 is 22.9 Å². The molecule has 0 saturated carbocycles. The summed E-state index contributed by atoms with van der Waals surface area (Å²) >= 11 is 0. The molecule has 0 atom stereocenters. The number of aliphatic carboxylic acids is 1. The lowest BCUT2D eigenvalue weighted by Crippen LogP contribution is -1.88. The number of rotatable bonds is 3. The molecule has 0 bridgehead atoms. The first kappa shape index (κ1) is 11.1. The summed E-state index contributed by atoms with van der Waals surface area (Å²) in [7, 11) is 1.59. The number of hydrogen-bond acceptors (Lipinski definition) is 3. The van der Waals surface area contributed by atoms with Crippen molar-refractivity contribution < 1.29 is 14.6 Å². The van der Waals surface area contributed by atoms with Crippen LogP contribution < -0.4 is 4.74 Å². The van der Waals surface area contributed by atoms with Crippen LogP contribution >= 0.6 is 0 Å². The van der Waals surface area contributed by atoms with Crippen LogP contribution in [-0.2, 0) is 4.79 Å². The van der Waals surface area contributed by atoms with Gasteiger partial charge < -0.3 is 9.84 Å². The molecule has 4 nitrogen and oxygen atoms in total. The summed E-state index contributed by atoms with van der Waals surface area (Å²) < 4.78 is 5.13. The molecule has 17 heavy (non-hydrogen) atoms. The van der Waals surface area contributed by atoms with E-state index in [2.05, 4.69) is 4.98 Å². The van der Waals surface area contributed by atoms with E-state index in [1.54, 1.807) is 25.4 Å². The van der Waals surface area contributed by atoms with Gasteiger partial charge in [0.25, 0.3) is 0 Å². The normalized spacial score (nSPS) is 10.9. The largest absolute Gasteiger partial charge is 0.497 e. The highest BCUT2D eigenvalue weighted by Gasteiger charge is 2.01. The number of ether oxygens (including phenoxy) is 1. The van der Waals surface area contributed by atoms with Crippen LogP contribution in [-0.4, -0.2) is 23.2 Å². The minimum absolute atomic E-state index is 0.718. The van der Waals surface area contributed by atoms with Crippen molar-refractivity contribution in [2.45, 2.75) is 0 Å². The molecule has 4 heteroatoms. The Bertz CT molecular complexity index is 590. The van der Waals surface area contributed by atoms with E-state index in [4.69, 9.17) is 9.84 Å². The van der Waals surface area contributed by atoms with Crippen molar-refractivity contribution in [2.75, 3.05) is 7.11 Å². The summed E-state index contributed by atoms with van der Waals surface area (Å²) in [4.78, 5) is 14.7. The van der Waals surface area contributed by atoms with E-state index in [1.165, 1.54) is 0 Å². The molecule has 0 radical (unpaired) electrons. The average molecular weight is 229 g/mol. The molecule has 1 N–H and O–H groups in total. The van der Waals surface area contributed by atoms with Crippen LogP contribution in [0.4, 0.5) is 0 Å². The van der Waals surface area contributed by atoms with Crippen LogP contribution in [0, 0.1) is 0 Å². The second-order valence-electron chi connectivity index (χ2n) is 3.45. The Labute approximate surface area is 98.2 Å². The van der Waals surface area contributed by atoms with Gasteiger partial charge in [0.05, 0.1) is 12.6 Å². The third-order valence-corrected chi connectivity index (χ3v) is 2.39. The maximum Gasteiger partial charge on any atom is 0.328 e. The van der Waals surface area contributed by atoms with Crippen LogP contribution in [0.5, 0.6) is 5.75 Å². The van der Waals surface area contributed by atoms with Gasteiger partial charge in [-0.25, -0.2) is 4.79 Å². The van der Waals surface area contributed by atoms with E-state index in [-0.39, 0.29) is 0 Å². The van der Waals surface area contributed by atoms with E-state index < -0.39 is 5.97 Å². The molecule has 0 aliphatic rings. The summed E-state index contributed by atoms with van der Waals surface area (Å²) in [5.41, 5.74) is 1.61. The SMILES string of the molecule is COc1ccc2nccc(/C=C/C(=O)O)c2c1. The highest BCUT2D eigenvalue weighted by atomic mass is 16.5. The number of benzene rings is 1. The quantitative estimate of drug-likeness (QED) is 0.820. The Morgan fingerprint density at radius 3 is 2.94 bits per heavy atom. The molecule has 0 aliphatic heterocycles. The van der Waals surface area contributed by atoms with Crippen molar-refractivity contribution in [3.63, 3.8) is 0 Å². The van der Waals surface area contributed by atoms with E-state index in [9.17, 15) is 4.79 Å². The van der Waals surface area contributed by atoms with Gasteiger partial charge in [-0.15, -0.1) is 0 Å². The molecule has 86 valence electrons. The smallest absolute Gasteiger partial charge is 0.328 e. The molecule has 1 heterocycles. The van der Waals surface area contributed by atoms with Crippen LogP contribution in [0.1, 0.15) is 5.56 Å². The van der Waals surface area contributed by atoms with Gasteiger partial charge in [-0.1, -0.05) is 0 Å². The fourth-order valence-corrected chi connectivity index (χ4v) is 1.58. The first-order valence-corrected chi connectivity index (χ1v) is 5.04. The molecular formula is C13H11NO3. The number of carboxylic acids is 1. The van der Waals surface area contributed by atoms with Crippen LogP contribution in [0.25, 0.3) is 17.0 Å². The second kappa shape index (κ2) is 4.65. The highest BCUT2D eigenvalue weighted by Crippen LogP contribution is 2.23. The first-order chi connectivity index (χ1) is 8.20. The van der Waals surface area contributed by atoms with Crippen molar-refractivity contribution in [1.82, 2.24) is 4.98 Å². The molecule has 0 saturated heterocycles. The van der Waals surface area contributed by atoms with Crippen molar-refractivity contribution in [1.29, 1.82) is 0 Å². The third kappa shape index (κ3) is 2.42. The van der Waals surface area contributed by atoms with Gasteiger partial charge in [0.2, 0.25) is 0 Å². The molecule has 0 amide bonds. The molecule has 0 aliphatic carbocycles. The van der Waals surface area contributed by atoms with Gasteiger partial charge in [-0.2, -0.15) is 0 Å². The molecule has 2 aromatic rings. The van der Waals surface area contributed by atoms with Crippen LogP contribution in [0.15, 0.2) is 36.5 Å². The van der Waals surface area contributed by atoms with Gasteiger partial charge in [0.15, 0.2) is 0 Å². The number of nitrogens with zero attached hydrogens (tertiary/aromatic N) is 1. The van der Waals surface area contributed by atoms with E-state index in [1.807, 2.05) is 18.2 Å². The second-order valence-corrected chi connectivity index (χ2v) is 3.45. The fraction of sp³-hybridized carbons (Fsp3) is 0.0769. The zero-order valence-corrected chi connectivity index (χ0v) is 9.25. The van der Waals surface area contributed by atoms with Gasteiger partial charge in [-0.05, 0) is 35.9 Å². The zero-order chi connectivity index (χ0) is 12.3. The van der Waals surface area contributed by atoms with Crippen LogP contribution in [0.3, 0.4) is 0 Å². The Morgan fingerprint density at radius 2 is 2.24 bits per heavy atom. The fourth-order valence-electron chi connectivity index (χ4n) is 1.58. The van der Waals surface area contributed by atoms with E-state index >= 15 is 0 Å². The summed E-state index contributed by atoms with van der Waals surface area (Å²) in [6.45, 7) is 0. The molecule has 1 aromatic carbocycles. The van der Waals surface area contributed by atoms with Gasteiger partial charge in [-0.3, -0.25) is 4.98 Å². The predicted octanol–water partition coefficient (Wildman–Crippen LogP) is 2.34. The first-order valence-electron chi connectivity index (χ1n) is 5.04. The Morgan fingerprint density at radius 1 is 1.41 bits per heavy atom. The summed E-state index contributed by atoms with van der Waals surface area (Å²) in [5.74, 6) is -0.256. The number of aromatic nitrogens is 1. The Hall–Kier alpha value is -2.36. The van der Waals surface area contributed by atoms with Crippen molar-refractivity contribution in [3.8, 4) is 5.75 Å². The summed E-state index contributed by atoms with van der Waals surface area (Å²) in [5, 5.41) is 9.49. The molecule has 0 spiro atoms. The minimum Gasteiger partial charge on any atom is -0.497 e. The standard InChI is InChI=1S/C13H11NO3/c1-17-10-3-4-12-11(8-10)9(6-7-14-12)2-5-13(15)16/h2-8H,1H3,(H,15,16)/b5-2+.